The highest BCUT2D eigenvalue weighted by Gasteiger charge is 2.17. The molecule has 0 radical (unpaired) electrons. The van der Waals surface area contributed by atoms with Gasteiger partial charge in [0.2, 0.25) is 0 Å². The molecule has 0 spiro atoms. The van der Waals surface area contributed by atoms with Gasteiger partial charge in [0.05, 0.1) is 11.9 Å². The Morgan fingerprint density at radius 3 is 2.72 bits per heavy atom. The van der Waals surface area contributed by atoms with Crippen molar-refractivity contribution < 1.29 is 4.79 Å². The molecular formula is C22H23N5OS. The predicted octanol–water partition coefficient (Wildman–Crippen LogP) is 4.49. The minimum atomic E-state index is -0.271. The van der Waals surface area contributed by atoms with Gasteiger partial charge in [0, 0.05) is 34.2 Å². The number of nitrogens with one attached hydrogen (secondary N) is 1. The van der Waals surface area contributed by atoms with Crippen LogP contribution in [0.1, 0.15) is 44.3 Å². The monoisotopic (exact) mass is 405 g/mol. The van der Waals surface area contributed by atoms with E-state index >= 15 is 0 Å². The van der Waals surface area contributed by atoms with Gasteiger partial charge in [-0.25, -0.2) is 10.4 Å². The molecule has 0 atom stereocenters. The molecule has 3 heterocycles. The quantitative estimate of drug-likeness (QED) is 0.402. The Bertz CT molecular complexity index is 1260. The predicted molar refractivity (Wildman–Crippen MR) is 118 cm³/mol. The van der Waals surface area contributed by atoms with Crippen molar-refractivity contribution in [1.82, 2.24) is 19.4 Å². The number of benzene rings is 1. The van der Waals surface area contributed by atoms with Crippen LogP contribution in [0.2, 0.25) is 0 Å². The van der Waals surface area contributed by atoms with Crippen molar-refractivity contribution in [2.45, 2.75) is 34.6 Å². The molecule has 0 fully saturated rings. The van der Waals surface area contributed by atoms with Crippen molar-refractivity contribution in [2.75, 3.05) is 0 Å². The number of hydrogen-bond acceptors (Lipinski definition) is 4. The Hall–Kier alpha value is -3.19. The number of aryl methyl sites for hydroxylation is 4. The fourth-order valence-corrected chi connectivity index (χ4v) is 4.49. The van der Waals surface area contributed by atoms with Crippen LogP contribution >= 0.6 is 11.3 Å². The second kappa shape index (κ2) is 7.33. The number of carbonyl (C=O) groups is 1. The number of amides is 1. The lowest BCUT2D eigenvalue weighted by Crippen LogP contribution is -2.20. The molecule has 0 aliphatic carbocycles. The van der Waals surface area contributed by atoms with E-state index in [2.05, 4.69) is 72.0 Å². The van der Waals surface area contributed by atoms with Crippen LogP contribution in [-0.2, 0) is 0 Å². The molecular weight excluding hydrogens is 382 g/mol. The second-order valence-electron chi connectivity index (χ2n) is 7.25. The van der Waals surface area contributed by atoms with Crippen molar-refractivity contribution >= 4 is 28.4 Å². The van der Waals surface area contributed by atoms with Gasteiger partial charge in [0.25, 0.3) is 5.91 Å². The molecule has 29 heavy (non-hydrogen) atoms. The molecule has 1 amide bonds. The number of fused-ring (bicyclic) bond motifs is 1. The van der Waals surface area contributed by atoms with Crippen LogP contribution in [0.25, 0.3) is 10.6 Å². The second-order valence-corrected chi connectivity index (χ2v) is 8.13. The lowest BCUT2D eigenvalue weighted by molar-refractivity contribution is 0.0948. The summed E-state index contributed by atoms with van der Waals surface area (Å²) in [5.41, 5.74) is 10.6. The van der Waals surface area contributed by atoms with E-state index in [1.54, 1.807) is 10.6 Å². The smallest absolute Gasteiger partial charge is 0.290 e. The summed E-state index contributed by atoms with van der Waals surface area (Å²) in [4.78, 5) is 17.8. The van der Waals surface area contributed by atoms with E-state index in [4.69, 9.17) is 0 Å². The maximum Gasteiger partial charge on any atom is 0.290 e. The summed E-state index contributed by atoms with van der Waals surface area (Å²) in [6, 6.07) is 8.52. The van der Waals surface area contributed by atoms with Crippen molar-refractivity contribution in [2.24, 2.45) is 5.10 Å². The first-order valence-corrected chi connectivity index (χ1v) is 10.3. The van der Waals surface area contributed by atoms with Crippen molar-refractivity contribution in [3.63, 3.8) is 0 Å². The average molecular weight is 406 g/mol. The molecule has 0 bridgehead atoms. The zero-order valence-electron chi connectivity index (χ0n) is 17.1. The first-order valence-electron chi connectivity index (χ1n) is 9.39. The van der Waals surface area contributed by atoms with Gasteiger partial charge < -0.3 is 4.57 Å². The summed E-state index contributed by atoms with van der Waals surface area (Å²) >= 11 is 1.50. The van der Waals surface area contributed by atoms with Crippen LogP contribution in [0.3, 0.4) is 0 Å². The van der Waals surface area contributed by atoms with Crippen molar-refractivity contribution in [1.29, 1.82) is 0 Å². The van der Waals surface area contributed by atoms with Gasteiger partial charge in [-0.3, -0.25) is 9.20 Å². The molecule has 3 aromatic heterocycles. The van der Waals surface area contributed by atoms with Gasteiger partial charge in [0.1, 0.15) is 5.69 Å². The number of nitrogens with zero attached hydrogens (tertiary/aromatic N) is 4. The lowest BCUT2D eigenvalue weighted by atomic mass is 10.1. The van der Waals surface area contributed by atoms with Gasteiger partial charge in [-0.2, -0.15) is 5.10 Å². The highest BCUT2D eigenvalue weighted by molar-refractivity contribution is 7.15. The zero-order chi connectivity index (χ0) is 20.7. The topological polar surface area (TPSA) is 63.7 Å². The molecule has 0 unspecified atom stereocenters. The Morgan fingerprint density at radius 1 is 1.17 bits per heavy atom. The molecule has 7 heteroatoms. The molecule has 0 saturated heterocycles. The Morgan fingerprint density at radius 2 is 1.97 bits per heavy atom. The van der Waals surface area contributed by atoms with Crippen LogP contribution < -0.4 is 5.43 Å². The maximum absolute atomic E-state index is 12.6. The minimum Gasteiger partial charge on any atom is -0.318 e. The molecule has 6 nitrogen and oxygen atoms in total. The third kappa shape index (κ3) is 3.38. The fraction of sp³-hybridized carbons (Fsp3) is 0.227. The fourth-order valence-electron chi connectivity index (χ4n) is 3.73. The Labute approximate surface area is 173 Å². The molecule has 4 rings (SSSR count). The molecule has 148 valence electrons. The average Bonchev–Trinajstić information content (AvgIpc) is 3.29. The summed E-state index contributed by atoms with van der Waals surface area (Å²) < 4.78 is 4.00. The number of thiazole rings is 1. The van der Waals surface area contributed by atoms with Crippen LogP contribution in [0.5, 0.6) is 0 Å². The number of aromatic nitrogens is 3. The van der Waals surface area contributed by atoms with E-state index in [1.165, 1.54) is 22.5 Å². The van der Waals surface area contributed by atoms with Gasteiger partial charge in [-0.1, -0.05) is 17.7 Å². The normalized spacial score (nSPS) is 11.6. The SMILES string of the molecule is Cc1ccc(-n2c(C)cc(/C=N/NC(=O)c3c(C)nc4sccn34)c2C)c(C)c1. The summed E-state index contributed by atoms with van der Waals surface area (Å²) in [6.45, 7) is 10.2. The van der Waals surface area contributed by atoms with E-state index in [1.807, 2.05) is 18.5 Å². The zero-order valence-corrected chi connectivity index (χ0v) is 18.0. The number of rotatable bonds is 4. The van der Waals surface area contributed by atoms with E-state index in [0.29, 0.717) is 11.4 Å². The third-order valence-electron chi connectivity index (χ3n) is 5.08. The van der Waals surface area contributed by atoms with E-state index < -0.39 is 0 Å². The highest BCUT2D eigenvalue weighted by Crippen LogP contribution is 2.23. The van der Waals surface area contributed by atoms with E-state index in [0.717, 1.165) is 27.6 Å². The summed E-state index contributed by atoms with van der Waals surface area (Å²) in [5.74, 6) is -0.271. The first kappa shape index (κ1) is 19.1. The number of carbonyl (C=O) groups excluding carboxylic acids is 1. The summed E-state index contributed by atoms with van der Waals surface area (Å²) in [7, 11) is 0. The minimum absolute atomic E-state index is 0.271. The van der Waals surface area contributed by atoms with Crippen molar-refractivity contribution in [3.05, 3.63) is 75.3 Å². The summed E-state index contributed by atoms with van der Waals surface area (Å²) in [6.07, 6.45) is 3.54. The maximum atomic E-state index is 12.6. The third-order valence-corrected chi connectivity index (χ3v) is 5.84. The standard InChI is InChI=1S/C22H23N5OS/c1-13-6-7-19(14(2)10-13)27-15(3)11-18(17(27)5)12-23-25-21(28)20-16(4)24-22-26(20)8-9-29-22/h6-12H,1-5H3,(H,25,28)/b23-12+. The molecule has 1 N–H and O–H groups in total. The van der Waals surface area contributed by atoms with Crippen LogP contribution in [0, 0.1) is 34.6 Å². The molecule has 0 aliphatic rings. The van der Waals surface area contributed by atoms with Crippen LogP contribution in [0.4, 0.5) is 0 Å². The highest BCUT2D eigenvalue weighted by atomic mass is 32.1. The van der Waals surface area contributed by atoms with Crippen molar-refractivity contribution in [3.8, 4) is 5.69 Å². The molecule has 1 aromatic carbocycles. The van der Waals surface area contributed by atoms with Gasteiger partial charge in [-0.05, 0) is 52.3 Å². The Balaban J connectivity index is 1.59. The van der Waals surface area contributed by atoms with Gasteiger partial charge in [-0.15, -0.1) is 11.3 Å². The van der Waals surface area contributed by atoms with Gasteiger partial charge >= 0.3 is 0 Å². The van der Waals surface area contributed by atoms with Crippen LogP contribution in [0.15, 0.2) is 40.9 Å². The van der Waals surface area contributed by atoms with E-state index in [-0.39, 0.29) is 5.91 Å². The Kier molecular flexibility index (Phi) is 4.84. The van der Waals surface area contributed by atoms with Crippen LogP contribution in [-0.4, -0.2) is 26.1 Å². The lowest BCUT2D eigenvalue weighted by Gasteiger charge is -2.13. The first-order chi connectivity index (χ1) is 13.9. The molecule has 0 aliphatic heterocycles. The van der Waals surface area contributed by atoms with E-state index in [9.17, 15) is 4.79 Å². The number of imidazole rings is 1. The number of hydrazone groups is 1. The summed E-state index contributed by atoms with van der Waals surface area (Å²) in [5, 5.41) is 6.11. The molecule has 0 saturated carbocycles. The van der Waals surface area contributed by atoms with Gasteiger partial charge in [0.15, 0.2) is 4.96 Å². The largest absolute Gasteiger partial charge is 0.318 e. The number of hydrogen-bond donors (Lipinski definition) is 1. The molecule has 4 aromatic rings.